The molecule has 7 heteroatoms. The van der Waals surface area contributed by atoms with Gasteiger partial charge in [-0.15, -0.1) is 0 Å². The summed E-state index contributed by atoms with van der Waals surface area (Å²) in [6.07, 6.45) is 19.7. The van der Waals surface area contributed by atoms with Crippen molar-refractivity contribution >= 4 is 39.4 Å². The molecule has 1 aliphatic carbocycles. The lowest BCUT2D eigenvalue weighted by Crippen LogP contribution is -2.27. The molecule has 2 aromatic carbocycles. The molecule has 0 fully saturated rings. The summed E-state index contributed by atoms with van der Waals surface area (Å²) in [4.78, 5) is 33.1. The van der Waals surface area contributed by atoms with E-state index in [-0.39, 0.29) is 17.9 Å². The number of fused-ring (bicyclic) bond motifs is 3. The maximum Gasteiger partial charge on any atom is 0.313 e. The number of aromatic amines is 1. The van der Waals surface area contributed by atoms with Gasteiger partial charge in [0.15, 0.2) is 0 Å². The fourth-order valence-corrected chi connectivity index (χ4v) is 6.84. The molecule has 0 radical (unpaired) electrons. The largest absolute Gasteiger partial charge is 0.426 e. The lowest BCUT2D eigenvalue weighted by molar-refractivity contribution is -0.134. The van der Waals surface area contributed by atoms with E-state index >= 15 is 0 Å². The fourth-order valence-electron chi connectivity index (χ4n) is 6.84. The number of hydrogen-bond donors (Lipinski definition) is 3. The fraction of sp³-hybridized carbons (Fsp3) is 0.513. The van der Waals surface area contributed by atoms with Gasteiger partial charge < -0.3 is 20.4 Å². The molecule has 2 aromatic heterocycles. The first kappa shape index (κ1) is 33.5. The number of esters is 1. The third-order valence-corrected chi connectivity index (χ3v) is 9.33. The van der Waals surface area contributed by atoms with Crippen LogP contribution in [0.15, 0.2) is 48.7 Å². The second-order valence-electron chi connectivity index (χ2n) is 13.0. The number of anilines is 1. The predicted molar refractivity (Wildman–Crippen MR) is 189 cm³/mol. The van der Waals surface area contributed by atoms with Gasteiger partial charge in [-0.3, -0.25) is 14.6 Å². The van der Waals surface area contributed by atoms with Crippen LogP contribution >= 0.6 is 0 Å². The lowest BCUT2D eigenvalue weighted by Gasteiger charge is -2.26. The quantitative estimate of drug-likeness (QED) is 0.0583. The molecule has 246 valence electrons. The highest BCUT2D eigenvalue weighted by atomic mass is 16.5. The molecule has 1 amide bonds. The number of rotatable bonds is 18. The zero-order valence-corrected chi connectivity index (χ0v) is 27.9. The number of pyridine rings is 1. The average Bonchev–Trinajstić information content (AvgIpc) is 3.45. The monoisotopic (exact) mass is 624 g/mol. The van der Waals surface area contributed by atoms with E-state index < -0.39 is 0 Å². The van der Waals surface area contributed by atoms with Crippen molar-refractivity contribution in [3.8, 4) is 5.75 Å². The van der Waals surface area contributed by atoms with Gasteiger partial charge in [-0.1, -0.05) is 82.9 Å². The Labute approximate surface area is 274 Å². The van der Waals surface area contributed by atoms with E-state index in [1.165, 1.54) is 82.4 Å². The van der Waals surface area contributed by atoms with Crippen LogP contribution in [-0.4, -0.2) is 34.4 Å². The van der Waals surface area contributed by atoms with Gasteiger partial charge in [-0.25, -0.2) is 0 Å². The highest BCUT2D eigenvalue weighted by Gasteiger charge is 2.22. The number of aromatic nitrogens is 2. The molecule has 2 heterocycles. The van der Waals surface area contributed by atoms with Crippen molar-refractivity contribution in [2.45, 2.75) is 123 Å². The number of carbonyl (C=O) groups is 2. The first-order valence-electron chi connectivity index (χ1n) is 17.7. The van der Waals surface area contributed by atoms with Gasteiger partial charge >= 0.3 is 5.97 Å². The van der Waals surface area contributed by atoms with Gasteiger partial charge in [0.05, 0.1) is 11.9 Å². The molecule has 5 rings (SSSR count). The van der Waals surface area contributed by atoms with Crippen LogP contribution < -0.4 is 15.4 Å². The van der Waals surface area contributed by atoms with E-state index in [1.807, 2.05) is 24.4 Å². The number of unbranched alkanes of at least 4 members (excludes halogenated alkanes) is 8. The van der Waals surface area contributed by atoms with Crippen molar-refractivity contribution in [3.05, 3.63) is 65.5 Å². The highest BCUT2D eigenvalue weighted by Crippen LogP contribution is 2.34. The number of H-pyrrole nitrogens is 1. The van der Waals surface area contributed by atoms with E-state index in [0.717, 1.165) is 58.7 Å². The summed E-state index contributed by atoms with van der Waals surface area (Å²) in [6, 6.07) is 14.1. The molecule has 0 aliphatic heterocycles. The number of aryl methyl sites for hydroxylation is 1. The zero-order chi connectivity index (χ0) is 32.1. The Bertz CT molecular complexity index is 1590. The Morgan fingerprint density at radius 2 is 1.70 bits per heavy atom. The van der Waals surface area contributed by atoms with Gasteiger partial charge in [-0.2, -0.15) is 0 Å². The molecule has 7 nitrogen and oxygen atoms in total. The minimum Gasteiger partial charge on any atom is -0.426 e. The minimum absolute atomic E-state index is 0.0295. The summed E-state index contributed by atoms with van der Waals surface area (Å²) in [7, 11) is 0. The number of para-hydroxylation sites is 1. The molecule has 0 saturated heterocycles. The van der Waals surface area contributed by atoms with Gasteiger partial charge in [0.2, 0.25) is 5.91 Å². The second kappa shape index (κ2) is 17.2. The van der Waals surface area contributed by atoms with E-state index in [4.69, 9.17) is 9.72 Å². The van der Waals surface area contributed by atoms with Crippen LogP contribution in [0.1, 0.15) is 114 Å². The first-order chi connectivity index (χ1) is 22.5. The van der Waals surface area contributed by atoms with Crippen molar-refractivity contribution in [2.75, 3.05) is 11.9 Å². The van der Waals surface area contributed by atoms with Crippen LogP contribution in [0.25, 0.3) is 21.8 Å². The molecule has 4 aromatic rings. The van der Waals surface area contributed by atoms with Gasteiger partial charge in [0, 0.05) is 53.4 Å². The molecule has 3 N–H and O–H groups in total. The third kappa shape index (κ3) is 9.34. The lowest BCUT2D eigenvalue weighted by atomic mass is 9.92. The Morgan fingerprint density at radius 3 is 2.50 bits per heavy atom. The van der Waals surface area contributed by atoms with Crippen LogP contribution in [0, 0.1) is 0 Å². The molecule has 1 atom stereocenters. The van der Waals surface area contributed by atoms with E-state index in [9.17, 15) is 9.59 Å². The van der Waals surface area contributed by atoms with Crippen molar-refractivity contribution in [1.82, 2.24) is 15.3 Å². The SMILES string of the molecule is CCCCCCCCCCCC(CC(=O)Oc1ccc2[nH]cc(CCNC(C)=O)c2c1)Nc1c2c(nc3ccccc13)CCCC2. The van der Waals surface area contributed by atoms with Crippen molar-refractivity contribution < 1.29 is 14.3 Å². The minimum atomic E-state index is -0.227. The highest BCUT2D eigenvalue weighted by molar-refractivity contribution is 5.94. The Morgan fingerprint density at radius 1 is 0.935 bits per heavy atom. The zero-order valence-electron chi connectivity index (χ0n) is 27.9. The number of amides is 1. The Hall–Kier alpha value is -3.87. The van der Waals surface area contributed by atoms with E-state index in [0.29, 0.717) is 25.1 Å². The number of hydrogen-bond acceptors (Lipinski definition) is 5. The second-order valence-corrected chi connectivity index (χ2v) is 13.0. The summed E-state index contributed by atoms with van der Waals surface area (Å²) >= 11 is 0. The maximum absolute atomic E-state index is 13.5. The summed E-state index contributed by atoms with van der Waals surface area (Å²) in [5.41, 5.74) is 6.76. The van der Waals surface area contributed by atoms with E-state index in [2.05, 4.69) is 46.8 Å². The van der Waals surface area contributed by atoms with Crippen LogP contribution in [0.3, 0.4) is 0 Å². The first-order valence-corrected chi connectivity index (χ1v) is 17.7. The Kier molecular flexibility index (Phi) is 12.5. The molecule has 1 aliphatic rings. The molecule has 46 heavy (non-hydrogen) atoms. The van der Waals surface area contributed by atoms with Crippen molar-refractivity contribution in [2.24, 2.45) is 0 Å². The van der Waals surface area contributed by atoms with E-state index in [1.54, 1.807) is 0 Å². The number of nitrogens with zero attached hydrogens (tertiary/aromatic N) is 1. The van der Waals surface area contributed by atoms with Gasteiger partial charge in [-0.05, 0) is 73.9 Å². The maximum atomic E-state index is 13.5. The summed E-state index contributed by atoms with van der Waals surface area (Å²) in [5, 5.41) is 8.88. The average molecular weight is 625 g/mol. The number of benzene rings is 2. The Balaban J connectivity index is 1.27. The number of carbonyl (C=O) groups excluding carboxylic acids is 2. The molecule has 0 saturated carbocycles. The molecule has 0 spiro atoms. The topological polar surface area (TPSA) is 96.1 Å². The molecule has 1 unspecified atom stereocenters. The third-order valence-electron chi connectivity index (χ3n) is 9.33. The smallest absolute Gasteiger partial charge is 0.313 e. The van der Waals surface area contributed by atoms with Crippen LogP contribution in [-0.2, 0) is 28.9 Å². The molecular weight excluding hydrogens is 572 g/mol. The number of ether oxygens (including phenoxy) is 1. The molecule has 0 bridgehead atoms. The van der Waals surface area contributed by atoms with Crippen molar-refractivity contribution in [1.29, 1.82) is 0 Å². The summed E-state index contributed by atoms with van der Waals surface area (Å²) < 4.78 is 5.97. The predicted octanol–water partition coefficient (Wildman–Crippen LogP) is 8.97. The van der Waals surface area contributed by atoms with Gasteiger partial charge in [0.1, 0.15) is 5.75 Å². The normalized spacial score (nSPS) is 13.4. The molecular formula is C39H52N4O3. The van der Waals surface area contributed by atoms with Gasteiger partial charge in [0.25, 0.3) is 0 Å². The summed E-state index contributed by atoms with van der Waals surface area (Å²) in [6.45, 7) is 4.35. The van der Waals surface area contributed by atoms with Crippen LogP contribution in [0.5, 0.6) is 5.75 Å². The number of nitrogens with one attached hydrogen (secondary N) is 3. The standard InChI is InChI=1S/C39H52N4O3/c1-3-4-5-6-7-8-9-10-11-16-30(42-39-32-17-12-14-19-36(32)43-37-20-15-13-18-33(37)39)25-38(45)46-31-21-22-35-34(26-31)29(27-41-35)23-24-40-28(2)44/h12,14,17,19,21-22,26-27,30,41H,3-11,13,15-16,18,20,23-25H2,1-2H3,(H,40,44)(H,42,43). The van der Waals surface area contributed by atoms with Crippen molar-refractivity contribution in [3.63, 3.8) is 0 Å². The summed E-state index contributed by atoms with van der Waals surface area (Å²) in [5.74, 6) is 0.280. The van der Waals surface area contributed by atoms with Crippen LogP contribution in [0.4, 0.5) is 5.69 Å². The van der Waals surface area contributed by atoms with Crippen LogP contribution in [0.2, 0.25) is 0 Å².